The third kappa shape index (κ3) is 6.12. The monoisotopic (exact) mass is 444 g/mol. The van der Waals surface area contributed by atoms with Gasteiger partial charge in [-0.1, -0.05) is 17.3 Å². The maximum atomic E-state index is 12.3. The second kappa shape index (κ2) is 9.71. The fourth-order valence-electron chi connectivity index (χ4n) is 2.97. The van der Waals surface area contributed by atoms with Gasteiger partial charge in [0, 0.05) is 18.4 Å². The van der Waals surface area contributed by atoms with Crippen molar-refractivity contribution in [2.45, 2.75) is 37.1 Å². The molecule has 3 aromatic rings. The van der Waals surface area contributed by atoms with E-state index < -0.39 is 10.0 Å². The lowest BCUT2D eigenvalue weighted by Crippen LogP contribution is -2.26. The van der Waals surface area contributed by atoms with E-state index in [4.69, 9.17) is 14.4 Å². The summed E-state index contributed by atoms with van der Waals surface area (Å²) in [6, 6.07) is 13.1. The average Bonchev–Trinajstić information content (AvgIpc) is 3.22. The van der Waals surface area contributed by atoms with Crippen molar-refractivity contribution in [2.75, 3.05) is 7.11 Å². The number of aryl methyl sites for hydroxylation is 1. The van der Waals surface area contributed by atoms with Crippen LogP contribution in [-0.2, 0) is 21.2 Å². The first kappa shape index (κ1) is 22.4. The summed E-state index contributed by atoms with van der Waals surface area (Å²) in [7, 11) is -2.20. The molecule has 0 spiro atoms. The van der Waals surface area contributed by atoms with Crippen molar-refractivity contribution in [1.82, 2.24) is 15.5 Å². The zero-order valence-electron chi connectivity index (χ0n) is 17.2. The highest BCUT2D eigenvalue weighted by Gasteiger charge is 2.14. The fraction of sp³-hybridized carbons (Fsp3) is 0.286. The second-order valence-electron chi connectivity index (χ2n) is 7.00. The molecular formula is C21H24N4O5S. The lowest BCUT2D eigenvalue weighted by Gasteiger charge is -2.15. The largest absolute Gasteiger partial charge is 0.497 e. The molecule has 0 saturated heterocycles. The maximum Gasteiger partial charge on any atom is 0.238 e. The van der Waals surface area contributed by atoms with E-state index in [1.165, 1.54) is 12.1 Å². The Morgan fingerprint density at radius 1 is 1.23 bits per heavy atom. The van der Waals surface area contributed by atoms with E-state index >= 15 is 0 Å². The van der Waals surface area contributed by atoms with Crippen LogP contribution in [0.15, 0.2) is 57.9 Å². The van der Waals surface area contributed by atoms with Crippen molar-refractivity contribution in [1.29, 1.82) is 0 Å². The van der Waals surface area contributed by atoms with E-state index in [2.05, 4.69) is 15.5 Å². The molecule has 1 atom stereocenters. The molecular weight excluding hydrogens is 420 g/mol. The first-order chi connectivity index (χ1) is 14.8. The van der Waals surface area contributed by atoms with Crippen LogP contribution in [0.4, 0.5) is 0 Å². The Hall–Kier alpha value is -3.24. The first-order valence-electron chi connectivity index (χ1n) is 9.65. The van der Waals surface area contributed by atoms with Gasteiger partial charge in [0.25, 0.3) is 0 Å². The minimum absolute atomic E-state index is 0.00940. The Kier molecular flexibility index (Phi) is 7.03. The zero-order chi connectivity index (χ0) is 22.4. The minimum atomic E-state index is -3.80. The van der Waals surface area contributed by atoms with Gasteiger partial charge in [-0.05, 0) is 55.3 Å². The van der Waals surface area contributed by atoms with Crippen molar-refractivity contribution >= 4 is 15.9 Å². The number of amides is 1. The predicted molar refractivity (Wildman–Crippen MR) is 114 cm³/mol. The van der Waals surface area contributed by atoms with Crippen LogP contribution in [0, 0.1) is 0 Å². The van der Waals surface area contributed by atoms with E-state index in [9.17, 15) is 13.2 Å². The summed E-state index contributed by atoms with van der Waals surface area (Å²) in [5, 5.41) is 12.0. The minimum Gasteiger partial charge on any atom is -0.497 e. The zero-order valence-corrected chi connectivity index (χ0v) is 18.1. The lowest BCUT2D eigenvalue weighted by molar-refractivity contribution is -0.121. The van der Waals surface area contributed by atoms with Crippen LogP contribution in [0.3, 0.4) is 0 Å². The summed E-state index contributed by atoms with van der Waals surface area (Å²) in [6.07, 6.45) is 1.26. The van der Waals surface area contributed by atoms with Gasteiger partial charge < -0.3 is 14.6 Å². The van der Waals surface area contributed by atoms with Gasteiger partial charge in [-0.15, -0.1) is 0 Å². The summed E-state index contributed by atoms with van der Waals surface area (Å²) in [5.74, 6) is 1.51. The number of nitrogens with zero attached hydrogens (tertiary/aromatic N) is 2. The number of carbonyl (C=O) groups is 1. The normalized spacial score (nSPS) is 12.4. The summed E-state index contributed by atoms with van der Waals surface area (Å²) in [4.78, 5) is 16.6. The van der Waals surface area contributed by atoms with Crippen molar-refractivity contribution in [3.05, 3.63) is 60.0 Å². The number of methoxy groups -OCH3 is 1. The van der Waals surface area contributed by atoms with Crippen LogP contribution < -0.4 is 15.2 Å². The number of nitrogens with two attached hydrogens (primary N) is 1. The van der Waals surface area contributed by atoms with E-state index in [-0.39, 0.29) is 23.3 Å². The number of aromatic nitrogens is 2. The molecule has 0 aliphatic rings. The van der Waals surface area contributed by atoms with Gasteiger partial charge in [0.05, 0.1) is 18.0 Å². The molecule has 31 heavy (non-hydrogen) atoms. The first-order valence-corrected chi connectivity index (χ1v) is 11.2. The van der Waals surface area contributed by atoms with Gasteiger partial charge in [0.2, 0.25) is 27.6 Å². The molecule has 3 N–H and O–H groups in total. The number of ether oxygens (including phenoxy) is 1. The van der Waals surface area contributed by atoms with Crippen LogP contribution in [0.5, 0.6) is 5.75 Å². The van der Waals surface area contributed by atoms with Gasteiger partial charge in [-0.2, -0.15) is 4.98 Å². The van der Waals surface area contributed by atoms with E-state index in [1.54, 1.807) is 26.2 Å². The van der Waals surface area contributed by atoms with Gasteiger partial charge >= 0.3 is 0 Å². The Balaban J connectivity index is 1.50. The number of benzene rings is 2. The van der Waals surface area contributed by atoms with Gasteiger partial charge in [-0.3, -0.25) is 4.79 Å². The Labute approximate surface area is 180 Å². The highest BCUT2D eigenvalue weighted by molar-refractivity contribution is 7.89. The van der Waals surface area contributed by atoms with E-state index in [0.717, 1.165) is 11.3 Å². The molecule has 164 valence electrons. The van der Waals surface area contributed by atoms with Crippen LogP contribution in [0.2, 0.25) is 0 Å². The van der Waals surface area contributed by atoms with Crippen LogP contribution >= 0.6 is 0 Å². The van der Waals surface area contributed by atoms with Gasteiger partial charge in [0.15, 0.2) is 0 Å². The van der Waals surface area contributed by atoms with Gasteiger partial charge in [0.1, 0.15) is 5.75 Å². The maximum absolute atomic E-state index is 12.3. The number of carbonyl (C=O) groups excluding carboxylic acids is 1. The third-order valence-corrected chi connectivity index (χ3v) is 5.59. The molecule has 0 bridgehead atoms. The number of nitrogens with one attached hydrogen (secondary N) is 1. The standard InChI is InChI=1S/C21H24N4O5S/c1-14(16-5-3-6-18(13-16)31(22,27)28)23-19(26)7-4-8-20-24-21(25-30-20)15-9-11-17(29-2)12-10-15/h3,5-6,9-14H,4,7-8H2,1-2H3,(H,23,26)(H2,22,27,28). The highest BCUT2D eigenvalue weighted by Crippen LogP contribution is 2.20. The second-order valence-corrected chi connectivity index (χ2v) is 8.56. The molecule has 2 aromatic carbocycles. The molecule has 10 heteroatoms. The topological polar surface area (TPSA) is 137 Å². The van der Waals surface area contributed by atoms with E-state index in [1.807, 2.05) is 24.3 Å². The third-order valence-electron chi connectivity index (χ3n) is 4.67. The molecule has 1 aromatic heterocycles. The van der Waals surface area contributed by atoms with Crippen molar-refractivity contribution in [3.8, 4) is 17.1 Å². The molecule has 0 saturated carbocycles. The Bertz CT molecular complexity index is 1140. The van der Waals surface area contributed by atoms with Crippen LogP contribution in [-0.4, -0.2) is 31.6 Å². The van der Waals surface area contributed by atoms with Crippen molar-refractivity contribution in [2.24, 2.45) is 5.14 Å². The fourth-order valence-corrected chi connectivity index (χ4v) is 3.54. The van der Waals surface area contributed by atoms with Gasteiger partial charge in [-0.25, -0.2) is 13.6 Å². The lowest BCUT2D eigenvalue weighted by atomic mass is 10.1. The number of primary sulfonamides is 1. The molecule has 0 aliphatic heterocycles. The SMILES string of the molecule is COc1ccc(-c2noc(CCCC(=O)NC(C)c3cccc(S(N)(=O)=O)c3)n2)cc1. The molecule has 0 fully saturated rings. The van der Waals surface area contributed by atoms with Crippen LogP contribution in [0.1, 0.15) is 37.3 Å². The average molecular weight is 445 g/mol. The molecule has 3 rings (SSSR count). The number of hydrogen-bond acceptors (Lipinski definition) is 7. The smallest absolute Gasteiger partial charge is 0.238 e. The predicted octanol–water partition coefficient (Wildman–Crippen LogP) is 2.59. The van der Waals surface area contributed by atoms with Crippen molar-refractivity contribution < 1.29 is 22.5 Å². The van der Waals surface area contributed by atoms with Crippen LogP contribution in [0.25, 0.3) is 11.4 Å². The molecule has 1 amide bonds. The molecule has 0 aliphatic carbocycles. The quantitative estimate of drug-likeness (QED) is 0.517. The summed E-state index contributed by atoms with van der Waals surface area (Å²) in [5.41, 5.74) is 1.46. The Morgan fingerprint density at radius 2 is 1.97 bits per heavy atom. The van der Waals surface area contributed by atoms with Crippen molar-refractivity contribution in [3.63, 3.8) is 0 Å². The number of rotatable bonds is 9. The molecule has 0 radical (unpaired) electrons. The summed E-state index contributed by atoms with van der Waals surface area (Å²) in [6.45, 7) is 1.78. The molecule has 1 heterocycles. The summed E-state index contributed by atoms with van der Waals surface area (Å²) >= 11 is 0. The van der Waals surface area contributed by atoms with E-state index in [0.29, 0.717) is 30.1 Å². The molecule has 1 unspecified atom stereocenters. The number of sulfonamides is 1. The number of hydrogen-bond donors (Lipinski definition) is 2. The highest BCUT2D eigenvalue weighted by atomic mass is 32.2. The Morgan fingerprint density at radius 3 is 2.65 bits per heavy atom. The summed E-state index contributed by atoms with van der Waals surface area (Å²) < 4.78 is 33.4. The molecule has 9 nitrogen and oxygen atoms in total.